The van der Waals surface area contributed by atoms with E-state index in [9.17, 15) is 8.42 Å². The van der Waals surface area contributed by atoms with Gasteiger partial charge in [0.2, 0.25) is 10.0 Å². The molecule has 4 heteroatoms. The standard InChI is InChI=1S/C6H13NO2S/c1-3-5-6(4-2)10(7,8)9/h3,6H,1,4-5H2,2H3,(H2,7,8,9). The molecule has 0 rings (SSSR count). The number of nitrogens with two attached hydrogens (primary N) is 1. The molecule has 0 aromatic carbocycles. The Morgan fingerprint density at radius 3 is 2.30 bits per heavy atom. The molecular formula is C6H13NO2S. The van der Waals surface area contributed by atoms with E-state index >= 15 is 0 Å². The maximum atomic E-state index is 10.7. The van der Waals surface area contributed by atoms with Gasteiger partial charge in [-0.3, -0.25) is 0 Å². The van der Waals surface area contributed by atoms with Crippen molar-refractivity contribution in [2.24, 2.45) is 5.14 Å². The van der Waals surface area contributed by atoms with Crippen molar-refractivity contribution >= 4 is 10.0 Å². The Morgan fingerprint density at radius 1 is 1.70 bits per heavy atom. The van der Waals surface area contributed by atoms with Gasteiger partial charge in [0.25, 0.3) is 0 Å². The summed E-state index contributed by atoms with van der Waals surface area (Å²) in [5.74, 6) is 0. The van der Waals surface area contributed by atoms with Crippen LogP contribution >= 0.6 is 0 Å². The first kappa shape index (κ1) is 9.65. The maximum Gasteiger partial charge on any atom is 0.212 e. The first-order valence-electron chi connectivity index (χ1n) is 3.14. The van der Waals surface area contributed by atoms with Crippen LogP contribution < -0.4 is 5.14 Å². The largest absolute Gasteiger partial charge is 0.228 e. The predicted molar refractivity (Wildman–Crippen MR) is 42.0 cm³/mol. The molecule has 0 radical (unpaired) electrons. The summed E-state index contributed by atoms with van der Waals surface area (Å²) in [7, 11) is -3.35. The van der Waals surface area contributed by atoms with Crippen LogP contribution in [-0.2, 0) is 10.0 Å². The third-order valence-electron chi connectivity index (χ3n) is 1.35. The van der Waals surface area contributed by atoms with Crippen LogP contribution in [0.15, 0.2) is 12.7 Å². The topological polar surface area (TPSA) is 60.2 Å². The van der Waals surface area contributed by atoms with Gasteiger partial charge in [0.05, 0.1) is 5.25 Å². The number of hydrogen-bond donors (Lipinski definition) is 1. The molecule has 0 bridgehead atoms. The minimum absolute atomic E-state index is 0.440. The van der Waals surface area contributed by atoms with E-state index in [4.69, 9.17) is 5.14 Å². The van der Waals surface area contributed by atoms with Gasteiger partial charge in [0, 0.05) is 0 Å². The zero-order valence-electron chi connectivity index (χ0n) is 6.08. The van der Waals surface area contributed by atoms with Crippen molar-refractivity contribution in [1.82, 2.24) is 0 Å². The van der Waals surface area contributed by atoms with Crippen LogP contribution in [-0.4, -0.2) is 13.7 Å². The normalized spacial score (nSPS) is 14.6. The Hall–Kier alpha value is -0.350. The smallest absolute Gasteiger partial charge is 0.212 e. The number of primary sulfonamides is 1. The van der Waals surface area contributed by atoms with Crippen LogP contribution in [0.5, 0.6) is 0 Å². The Labute approximate surface area is 62.0 Å². The molecule has 0 saturated heterocycles. The van der Waals surface area contributed by atoms with Crippen LogP contribution in [0.1, 0.15) is 19.8 Å². The molecule has 0 saturated carbocycles. The Bertz CT molecular complexity index is 196. The third kappa shape index (κ3) is 2.98. The van der Waals surface area contributed by atoms with Crippen LogP contribution in [0.2, 0.25) is 0 Å². The second kappa shape index (κ2) is 3.73. The molecule has 0 aromatic rings. The van der Waals surface area contributed by atoms with Gasteiger partial charge in [-0.25, -0.2) is 13.6 Å². The summed E-state index contributed by atoms with van der Waals surface area (Å²) in [6.45, 7) is 5.23. The molecule has 0 aliphatic carbocycles. The third-order valence-corrected chi connectivity index (χ3v) is 2.80. The molecule has 0 amide bonds. The molecule has 0 fully saturated rings. The zero-order chi connectivity index (χ0) is 8.20. The van der Waals surface area contributed by atoms with E-state index in [1.54, 1.807) is 13.0 Å². The van der Waals surface area contributed by atoms with Gasteiger partial charge < -0.3 is 0 Å². The van der Waals surface area contributed by atoms with Gasteiger partial charge >= 0.3 is 0 Å². The van der Waals surface area contributed by atoms with Crippen molar-refractivity contribution < 1.29 is 8.42 Å². The zero-order valence-corrected chi connectivity index (χ0v) is 6.89. The highest BCUT2D eigenvalue weighted by molar-refractivity contribution is 7.89. The molecule has 3 nitrogen and oxygen atoms in total. The summed E-state index contributed by atoms with van der Waals surface area (Å²) < 4.78 is 21.4. The van der Waals surface area contributed by atoms with Gasteiger partial charge in [-0.05, 0) is 12.8 Å². The van der Waals surface area contributed by atoms with E-state index in [1.165, 1.54) is 0 Å². The highest BCUT2D eigenvalue weighted by Gasteiger charge is 2.16. The molecule has 0 aromatic heterocycles. The minimum Gasteiger partial charge on any atom is -0.228 e. The molecule has 0 spiro atoms. The molecule has 60 valence electrons. The van der Waals surface area contributed by atoms with E-state index in [1.807, 2.05) is 0 Å². The van der Waals surface area contributed by atoms with E-state index in [-0.39, 0.29) is 0 Å². The Balaban J connectivity index is 4.22. The van der Waals surface area contributed by atoms with Gasteiger partial charge in [-0.1, -0.05) is 13.0 Å². The van der Waals surface area contributed by atoms with Crippen molar-refractivity contribution in [3.8, 4) is 0 Å². The lowest BCUT2D eigenvalue weighted by atomic mass is 10.2. The molecule has 2 N–H and O–H groups in total. The van der Waals surface area contributed by atoms with Gasteiger partial charge in [-0.2, -0.15) is 0 Å². The fourth-order valence-corrected chi connectivity index (χ4v) is 1.59. The van der Waals surface area contributed by atoms with Crippen LogP contribution in [0.4, 0.5) is 0 Å². The molecule has 1 atom stereocenters. The summed E-state index contributed by atoms with van der Waals surface area (Å²) in [5, 5.41) is 4.45. The molecular weight excluding hydrogens is 150 g/mol. The molecule has 0 aliphatic rings. The number of sulfonamides is 1. The fourth-order valence-electron chi connectivity index (χ4n) is 0.719. The summed E-state index contributed by atoms with van der Waals surface area (Å²) in [6.07, 6.45) is 2.55. The van der Waals surface area contributed by atoms with Crippen LogP contribution in [0.3, 0.4) is 0 Å². The minimum atomic E-state index is -3.35. The van der Waals surface area contributed by atoms with Crippen LogP contribution in [0, 0.1) is 0 Å². The highest BCUT2D eigenvalue weighted by Crippen LogP contribution is 2.06. The molecule has 0 heterocycles. The second-order valence-electron chi connectivity index (χ2n) is 2.14. The van der Waals surface area contributed by atoms with Crippen molar-refractivity contribution in [3.05, 3.63) is 12.7 Å². The van der Waals surface area contributed by atoms with E-state index in [0.717, 1.165) is 0 Å². The predicted octanol–water partition coefficient (Wildman–Crippen LogP) is 0.630. The molecule has 0 aliphatic heterocycles. The Kier molecular flexibility index (Phi) is 3.60. The number of allylic oxidation sites excluding steroid dienone is 1. The first-order chi connectivity index (χ1) is 4.52. The van der Waals surface area contributed by atoms with E-state index < -0.39 is 15.3 Å². The van der Waals surface area contributed by atoms with Crippen molar-refractivity contribution in [1.29, 1.82) is 0 Å². The van der Waals surface area contributed by atoms with Crippen molar-refractivity contribution in [2.45, 2.75) is 25.0 Å². The SMILES string of the molecule is C=CCC(CC)S(N)(=O)=O. The first-order valence-corrected chi connectivity index (χ1v) is 4.75. The Morgan fingerprint density at radius 2 is 2.20 bits per heavy atom. The maximum absolute atomic E-state index is 10.7. The monoisotopic (exact) mass is 163 g/mol. The summed E-state index contributed by atoms with van der Waals surface area (Å²) in [6, 6.07) is 0. The average molecular weight is 163 g/mol. The quantitative estimate of drug-likeness (QED) is 0.618. The van der Waals surface area contributed by atoms with E-state index in [0.29, 0.717) is 12.8 Å². The average Bonchev–Trinajstić information content (AvgIpc) is 1.80. The summed E-state index contributed by atoms with van der Waals surface area (Å²) in [5.41, 5.74) is 0. The van der Waals surface area contributed by atoms with Crippen molar-refractivity contribution in [3.63, 3.8) is 0 Å². The highest BCUT2D eigenvalue weighted by atomic mass is 32.2. The van der Waals surface area contributed by atoms with Crippen molar-refractivity contribution in [2.75, 3.05) is 0 Å². The van der Waals surface area contributed by atoms with Gasteiger partial charge in [0.15, 0.2) is 0 Å². The lowest BCUT2D eigenvalue weighted by molar-refractivity contribution is 0.577. The molecule has 1 unspecified atom stereocenters. The van der Waals surface area contributed by atoms with Gasteiger partial charge in [0.1, 0.15) is 0 Å². The van der Waals surface area contributed by atoms with Crippen LogP contribution in [0.25, 0.3) is 0 Å². The lowest BCUT2D eigenvalue weighted by Crippen LogP contribution is -2.27. The number of hydrogen-bond acceptors (Lipinski definition) is 2. The van der Waals surface area contributed by atoms with Gasteiger partial charge in [-0.15, -0.1) is 6.58 Å². The summed E-state index contributed by atoms with van der Waals surface area (Å²) in [4.78, 5) is 0. The number of rotatable bonds is 4. The fraction of sp³-hybridized carbons (Fsp3) is 0.667. The lowest BCUT2D eigenvalue weighted by Gasteiger charge is -2.07. The molecule has 10 heavy (non-hydrogen) atoms. The second-order valence-corrected chi connectivity index (χ2v) is 3.99. The summed E-state index contributed by atoms with van der Waals surface area (Å²) >= 11 is 0. The van der Waals surface area contributed by atoms with E-state index in [2.05, 4.69) is 6.58 Å².